The van der Waals surface area contributed by atoms with E-state index in [0.29, 0.717) is 23.6 Å². The minimum Gasteiger partial charge on any atom is -0.393 e. The molecule has 2 heterocycles. The molecule has 1 aromatic heterocycles. The van der Waals surface area contributed by atoms with Gasteiger partial charge in [-0.1, -0.05) is 0 Å². The molecule has 2 N–H and O–H groups in total. The normalized spacial score (nSPS) is 16.9. The Labute approximate surface area is 125 Å². The number of likely N-dealkylation sites (tertiary alicyclic amines) is 1. The standard InChI is InChI=1S/C15H24N4O2/c1-11-14(10-17-12(2)18-11)15(21)16-6-3-7-19-8-4-13(20)5-9-19/h10,13,20H,3-9H2,1-2H3,(H,16,21). The number of nitrogens with zero attached hydrogens (tertiary/aromatic N) is 3. The van der Waals surface area contributed by atoms with Crippen LogP contribution in [0.2, 0.25) is 0 Å². The maximum absolute atomic E-state index is 12.0. The molecular weight excluding hydrogens is 268 g/mol. The van der Waals surface area contributed by atoms with Crippen LogP contribution in [0, 0.1) is 13.8 Å². The molecule has 6 nitrogen and oxygen atoms in total. The Hall–Kier alpha value is -1.53. The van der Waals surface area contributed by atoms with E-state index in [-0.39, 0.29) is 12.0 Å². The van der Waals surface area contributed by atoms with E-state index in [1.54, 1.807) is 6.20 Å². The topological polar surface area (TPSA) is 78.4 Å². The number of nitrogens with one attached hydrogen (secondary N) is 1. The van der Waals surface area contributed by atoms with Gasteiger partial charge in [0.25, 0.3) is 5.91 Å². The first kappa shape index (κ1) is 15.9. The van der Waals surface area contributed by atoms with E-state index >= 15 is 0 Å². The number of hydrogen-bond donors (Lipinski definition) is 2. The number of piperidine rings is 1. The van der Waals surface area contributed by atoms with Crippen LogP contribution in [0.5, 0.6) is 0 Å². The fourth-order valence-corrected chi connectivity index (χ4v) is 2.55. The zero-order valence-corrected chi connectivity index (χ0v) is 12.8. The van der Waals surface area contributed by atoms with Gasteiger partial charge in [-0.25, -0.2) is 9.97 Å². The van der Waals surface area contributed by atoms with Crippen molar-refractivity contribution in [1.29, 1.82) is 0 Å². The predicted molar refractivity (Wildman–Crippen MR) is 80.1 cm³/mol. The highest BCUT2D eigenvalue weighted by Gasteiger charge is 2.16. The van der Waals surface area contributed by atoms with Crippen LogP contribution in [0.1, 0.15) is 41.1 Å². The molecule has 0 radical (unpaired) electrons. The smallest absolute Gasteiger partial charge is 0.254 e. The van der Waals surface area contributed by atoms with E-state index in [1.807, 2.05) is 13.8 Å². The molecule has 1 fully saturated rings. The Balaban J connectivity index is 1.69. The number of carbonyl (C=O) groups excluding carboxylic acids is 1. The molecule has 2 rings (SSSR count). The third-order valence-electron chi connectivity index (χ3n) is 3.84. The average molecular weight is 292 g/mol. The molecule has 0 aliphatic carbocycles. The van der Waals surface area contributed by atoms with Crippen LogP contribution in [-0.4, -0.2) is 58.2 Å². The lowest BCUT2D eigenvalue weighted by molar-refractivity contribution is 0.0816. The molecule has 0 spiro atoms. The second-order valence-corrected chi connectivity index (χ2v) is 5.60. The van der Waals surface area contributed by atoms with Gasteiger partial charge in [-0.2, -0.15) is 0 Å². The molecular formula is C15H24N4O2. The van der Waals surface area contributed by atoms with Crippen molar-refractivity contribution in [2.45, 2.75) is 39.2 Å². The largest absolute Gasteiger partial charge is 0.393 e. The van der Waals surface area contributed by atoms with Crippen molar-refractivity contribution in [3.8, 4) is 0 Å². The van der Waals surface area contributed by atoms with Gasteiger partial charge < -0.3 is 15.3 Å². The Morgan fingerprint density at radius 3 is 2.81 bits per heavy atom. The number of aromatic nitrogens is 2. The number of aryl methyl sites for hydroxylation is 2. The SMILES string of the molecule is Cc1ncc(C(=O)NCCCN2CCC(O)CC2)c(C)n1. The number of amides is 1. The molecule has 0 bridgehead atoms. The average Bonchev–Trinajstić information content (AvgIpc) is 2.45. The van der Waals surface area contributed by atoms with E-state index in [9.17, 15) is 9.90 Å². The number of carbonyl (C=O) groups is 1. The summed E-state index contributed by atoms with van der Waals surface area (Å²) in [5, 5.41) is 12.4. The summed E-state index contributed by atoms with van der Waals surface area (Å²) in [5.74, 6) is 0.568. The molecule has 6 heteroatoms. The molecule has 1 aliphatic heterocycles. The highest BCUT2D eigenvalue weighted by molar-refractivity contribution is 5.94. The summed E-state index contributed by atoms with van der Waals surface area (Å²) in [6.07, 6.45) is 4.07. The quantitative estimate of drug-likeness (QED) is 0.780. The number of rotatable bonds is 5. The van der Waals surface area contributed by atoms with Crippen LogP contribution in [0.25, 0.3) is 0 Å². The van der Waals surface area contributed by atoms with Gasteiger partial charge in [0.05, 0.1) is 17.4 Å². The van der Waals surface area contributed by atoms with E-state index < -0.39 is 0 Å². The van der Waals surface area contributed by atoms with Crippen LogP contribution >= 0.6 is 0 Å². The van der Waals surface area contributed by atoms with Gasteiger partial charge in [0.1, 0.15) is 5.82 Å². The van der Waals surface area contributed by atoms with Gasteiger partial charge in [0, 0.05) is 25.8 Å². The first-order valence-corrected chi connectivity index (χ1v) is 7.55. The highest BCUT2D eigenvalue weighted by Crippen LogP contribution is 2.09. The Kier molecular flexibility index (Phi) is 5.64. The second-order valence-electron chi connectivity index (χ2n) is 5.60. The lowest BCUT2D eigenvalue weighted by Gasteiger charge is -2.29. The highest BCUT2D eigenvalue weighted by atomic mass is 16.3. The third kappa shape index (κ3) is 4.75. The summed E-state index contributed by atoms with van der Waals surface area (Å²) < 4.78 is 0. The monoisotopic (exact) mass is 292 g/mol. The van der Waals surface area contributed by atoms with Gasteiger partial charge in [-0.05, 0) is 39.7 Å². The zero-order valence-electron chi connectivity index (χ0n) is 12.8. The van der Waals surface area contributed by atoms with Gasteiger partial charge in [0.15, 0.2) is 0 Å². The molecule has 0 unspecified atom stereocenters. The van der Waals surface area contributed by atoms with E-state index in [1.165, 1.54) is 0 Å². The Bertz CT molecular complexity index is 485. The van der Waals surface area contributed by atoms with Crippen molar-refractivity contribution in [2.24, 2.45) is 0 Å². The van der Waals surface area contributed by atoms with E-state index in [4.69, 9.17) is 0 Å². The van der Waals surface area contributed by atoms with Crippen LogP contribution in [0.15, 0.2) is 6.20 Å². The van der Waals surface area contributed by atoms with E-state index in [2.05, 4.69) is 20.2 Å². The fourth-order valence-electron chi connectivity index (χ4n) is 2.55. The predicted octanol–water partition coefficient (Wildman–Crippen LogP) is 0.670. The van der Waals surface area contributed by atoms with Crippen molar-refractivity contribution in [3.05, 3.63) is 23.3 Å². The van der Waals surface area contributed by atoms with Crippen LogP contribution in [0.4, 0.5) is 0 Å². The molecule has 21 heavy (non-hydrogen) atoms. The summed E-state index contributed by atoms with van der Waals surface area (Å²) >= 11 is 0. The first-order chi connectivity index (χ1) is 10.1. The lowest BCUT2D eigenvalue weighted by atomic mass is 10.1. The van der Waals surface area contributed by atoms with Gasteiger partial charge in [0.2, 0.25) is 0 Å². The van der Waals surface area contributed by atoms with E-state index in [0.717, 1.165) is 38.9 Å². The molecule has 0 saturated carbocycles. The maximum Gasteiger partial charge on any atom is 0.254 e. The summed E-state index contributed by atoms with van der Waals surface area (Å²) in [4.78, 5) is 22.6. The van der Waals surface area contributed by atoms with Crippen LogP contribution < -0.4 is 5.32 Å². The molecule has 116 valence electrons. The maximum atomic E-state index is 12.0. The van der Waals surface area contributed by atoms with Crippen molar-refractivity contribution in [3.63, 3.8) is 0 Å². The first-order valence-electron chi connectivity index (χ1n) is 7.55. The molecule has 0 aromatic carbocycles. The van der Waals surface area contributed by atoms with Crippen molar-refractivity contribution in [2.75, 3.05) is 26.2 Å². The Morgan fingerprint density at radius 1 is 1.43 bits per heavy atom. The molecule has 0 atom stereocenters. The van der Waals surface area contributed by atoms with Crippen molar-refractivity contribution in [1.82, 2.24) is 20.2 Å². The van der Waals surface area contributed by atoms with Gasteiger partial charge >= 0.3 is 0 Å². The minimum absolute atomic E-state index is 0.110. The van der Waals surface area contributed by atoms with Crippen molar-refractivity contribution < 1.29 is 9.90 Å². The molecule has 1 saturated heterocycles. The third-order valence-corrected chi connectivity index (χ3v) is 3.84. The number of aliphatic hydroxyl groups is 1. The molecule has 1 aromatic rings. The summed E-state index contributed by atoms with van der Waals surface area (Å²) in [6, 6.07) is 0. The summed E-state index contributed by atoms with van der Waals surface area (Å²) in [6.45, 7) is 7.12. The lowest BCUT2D eigenvalue weighted by Crippen LogP contribution is -2.37. The fraction of sp³-hybridized carbons (Fsp3) is 0.667. The molecule has 1 amide bonds. The summed E-state index contributed by atoms with van der Waals surface area (Å²) in [5.41, 5.74) is 1.26. The second kappa shape index (κ2) is 7.47. The van der Waals surface area contributed by atoms with Gasteiger partial charge in [-0.15, -0.1) is 0 Å². The van der Waals surface area contributed by atoms with Crippen molar-refractivity contribution >= 4 is 5.91 Å². The minimum atomic E-state index is -0.134. The van der Waals surface area contributed by atoms with Gasteiger partial charge in [-0.3, -0.25) is 4.79 Å². The molecule has 1 aliphatic rings. The Morgan fingerprint density at radius 2 is 2.14 bits per heavy atom. The zero-order chi connectivity index (χ0) is 15.2. The summed E-state index contributed by atoms with van der Waals surface area (Å²) in [7, 11) is 0. The van der Waals surface area contributed by atoms with Crippen LogP contribution in [0.3, 0.4) is 0 Å². The number of hydrogen-bond acceptors (Lipinski definition) is 5. The number of aliphatic hydroxyl groups excluding tert-OH is 1. The van der Waals surface area contributed by atoms with Crippen LogP contribution in [-0.2, 0) is 0 Å².